The van der Waals surface area contributed by atoms with E-state index < -0.39 is 0 Å². The van der Waals surface area contributed by atoms with E-state index in [1.807, 2.05) is 0 Å². The van der Waals surface area contributed by atoms with E-state index in [0.717, 1.165) is 13.1 Å². The number of rotatable bonds is 4. The second-order valence-electron chi connectivity index (χ2n) is 6.96. The van der Waals surface area contributed by atoms with E-state index in [4.69, 9.17) is 0 Å². The Labute approximate surface area is 124 Å². The molecule has 1 heterocycles. The molecule has 2 nitrogen and oxygen atoms in total. The summed E-state index contributed by atoms with van der Waals surface area (Å²) < 4.78 is 0. The molecule has 0 spiro atoms. The predicted octanol–water partition coefficient (Wildman–Crippen LogP) is 3.77. The summed E-state index contributed by atoms with van der Waals surface area (Å²) in [6, 6.07) is 11.5. The molecule has 0 aromatic heterocycles. The predicted molar refractivity (Wildman–Crippen MR) is 87.0 cm³/mol. The highest BCUT2D eigenvalue weighted by Gasteiger charge is 2.42. The van der Waals surface area contributed by atoms with Crippen LogP contribution in [0, 0.1) is 0 Å². The number of benzene rings is 1. The molecule has 1 aromatic carbocycles. The summed E-state index contributed by atoms with van der Waals surface area (Å²) in [5, 5.41) is 3.79. The lowest BCUT2D eigenvalue weighted by molar-refractivity contribution is -0.00673. The SMILES string of the molecule is CCC(CC)N1CC(C)(c2ccccc2)NCC1(C)C. The Hall–Kier alpha value is -0.860. The first-order valence-corrected chi connectivity index (χ1v) is 8.00. The largest absolute Gasteiger partial charge is 0.305 e. The van der Waals surface area contributed by atoms with Gasteiger partial charge in [-0.1, -0.05) is 44.2 Å². The van der Waals surface area contributed by atoms with Crippen molar-refractivity contribution in [3.63, 3.8) is 0 Å². The van der Waals surface area contributed by atoms with E-state index >= 15 is 0 Å². The molecule has 20 heavy (non-hydrogen) atoms. The zero-order valence-corrected chi connectivity index (χ0v) is 13.7. The summed E-state index contributed by atoms with van der Waals surface area (Å²) in [4.78, 5) is 2.72. The fourth-order valence-corrected chi connectivity index (χ4v) is 3.48. The molecule has 0 amide bonds. The van der Waals surface area contributed by atoms with Gasteiger partial charge in [-0.15, -0.1) is 0 Å². The van der Waals surface area contributed by atoms with Gasteiger partial charge in [-0.05, 0) is 39.2 Å². The van der Waals surface area contributed by atoms with Crippen LogP contribution in [0.4, 0.5) is 0 Å². The van der Waals surface area contributed by atoms with Crippen molar-refractivity contribution in [2.24, 2.45) is 0 Å². The Kier molecular flexibility index (Phi) is 4.55. The van der Waals surface area contributed by atoms with Crippen molar-refractivity contribution in [3.05, 3.63) is 35.9 Å². The molecule has 0 aliphatic carbocycles. The number of nitrogens with zero attached hydrogens (tertiary/aromatic N) is 1. The van der Waals surface area contributed by atoms with Gasteiger partial charge in [-0.2, -0.15) is 0 Å². The lowest BCUT2D eigenvalue weighted by Crippen LogP contribution is -2.67. The van der Waals surface area contributed by atoms with Gasteiger partial charge in [0.25, 0.3) is 0 Å². The van der Waals surface area contributed by atoms with Crippen molar-refractivity contribution in [3.8, 4) is 0 Å². The van der Waals surface area contributed by atoms with E-state index in [-0.39, 0.29) is 11.1 Å². The maximum atomic E-state index is 3.79. The average molecular weight is 274 g/mol. The Bertz CT molecular complexity index is 422. The highest BCUT2D eigenvalue weighted by molar-refractivity contribution is 5.25. The van der Waals surface area contributed by atoms with Crippen molar-refractivity contribution in [2.75, 3.05) is 13.1 Å². The van der Waals surface area contributed by atoms with Crippen LogP contribution in [0.25, 0.3) is 0 Å². The fraction of sp³-hybridized carbons (Fsp3) is 0.667. The molecule has 2 heteroatoms. The number of hydrogen-bond acceptors (Lipinski definition) is 2. The molecule has 1 N–H and O–H groups in total. The second-order valence-corrected chi connectivity index (χ2v) is 6.96. The van der Waals surface area contributed by atoms with Crippen molar-refractivity contribution in [1.82, 2.24) is 10.2 Å². The average Bonchev–Trinajstić information content (AvgIpc) is 2.45. The summed E-state index contributed by atoms with van der Waals surface area (Å²) in [5.41, 5.74) is 1.68. The van der Waals surface area contributed by atoms with E-state index in [9.17, 15) is 0 Å². The minimum absolute atomic E-state index is 0.0549. The molecule has 1 aromatic rings. The zero-order chi connectivity index (χ0) is 14.8. The molecule has 1 unspecified atom stereocenters. The van der Waals surface area contributed by atoms with Crippen LogP contribution in [-0.4, -0.2) is 29.6 Å². The second kappa shape index (κ2) is 5.87. The molecular formula is C18H30N2. The van der Waals surface area contributed by atoms with Crippen LogP contribution in [0.1, 0.15) is 53.0 Å². The van der Waals surface area contributed by atoms with Crippen LogP contribution in [0.15, 0.2) is 30.3 Å². The maximum Gasteiger partial charge on any atom is 0.0535 e. The highest BCUT2D eigenvalue weighted by atomic mass is 15.3. The Morgan fingerprint density at radius 2 is 1.70 bits per heavy atom. The first-order valence-electron chi connectivity index (χ1n) is 8.00. The first-order chi connectivity index (χ1) is 9.43. The minimum atomic E-state index is 0.0549. The quantitative estimate of drug-likeness (QED) is 0.899. The maximum absolute atomic E-state index is 3.79. The molecule has 0 saturated carbocycles. The number of piperazine rings is 1. The third-order valence-corrected chi connectivity index (χ3v) is 4.97. The Balaban J connectivity index is 2.28. The number of nitrogens with one attached hydrogen (secondary N) is 1. The summed E-state index contributed by atoms with van der Waals surface area (Å²) in [6.07, 6.45) is 2.45. The molecule has 1 fully saturated rings. The molecule has 0 radical (unpaired) electrons. The first kappa shape index (κ1) is 15.5. The third kappa shape index (κ3) is 2.91. The van der Waals surface area contributed by atoms with Crippen molar-refractivity contribution in [2.45, 2.75) is 64.6 Å². The lowest BCUT2D eigenvalue weighted by Gasteiger charge is -2.54. The standard InChI is InChI=1S/C18H30N2/c1-6-16(7-2)20-14-18(5,19-13-17(20,3)4)15-11-9-8-10-12-15/h8-12,16,19H,6-7,13-14H2,1-5H3. The van der Waals surface area contributed by atoms with Gasteiger partial charge in [0.05, 0.1) is 5.54 Å². The van der Waals surface area contributed by atoms with Gasteiger partial charge in [0.15, 0.2) is 0 Å². The zero-order valence-electron chi connectivity index (χ0n) is 13.7. The van der Waals surface area contributed by atoms with E-state index in [0.29, 0.717) is 6.04 Å². The highest BCUT2D eigenvalue weighted by Crippen LogP contribution is 2.33. The monoisotopic (exact) mass is 274 g/mol. The van der Waals surface area contributed by atoms with E-state index in [1.54, 1.807) is 0 Å². The van der Waals surface area contributed by atoms with Gasteiger partial charge in [0.1, 0.15) is 0 Å². The van der Waals surface area contributed by atoms with Crippen LogP contribution in [0.3, 0.4) is 0 Å². The van der Waals surface area contributed by atoms with Crippen molar-refractivity contribution in [1.29, 1.82) is 0 Å². The molecule has 1 aliphatic heterocycles. The van der Waals surface area contributed by atoms with Crippen molar-refractivity contribution >= 4 is 0 Å². The van der Waals surface area contributed by atoms with Crippen LogP contribution >= 0.6 is 0 Å². The summed E-state index contributed by atoms with van der Waals surface area (Å²) in [6.45, 7) is 13.8. The fourth-order valence-electron chi connectivity index (χ4n) is 3.48. The van der Waals surface area contributed by atoms with Gasteiger partial charge < -0.3 is 5.32 Å². The normalized spacial score (nSPS) is 26.9. The van der Waals surface area contributed by atoms with Gasteiger partial charge in [0, 0.05) is 24.7 Å². The van der Waals surface area contributed by atoms with E-state index in [1.165, 1.54) is 18.4 Å². The van der Waals surface area contributed by atoms with Gasteiger partial charge in [-0.3, -0.25) is 4.90 Å². The molecule has 1 aliphatic rings. The molecule has 0 bridgehead atoms. The molecule has 1 atom stereocenters. The number of hydrogen-bond donors (Lipinski definition) is 1. The van der Waals surface area contributed by atoms with Gasteiger partial charge in [-0.25, -0.2) is 0 Å². The molecular weight excluding hydrogens is 244 g/mol. The van der Waals surface area contributed by atoms with Crippen molar-refractivity contribution < 1.29 is 0 Å². The van der Waals surface area contributed by atoms with E-state index in [2.05, 4.69) is 75.2 Å². The summed E-state index contributed by atoms with van der Waals surface area (Å²) >= 11 is 0. The van der Waals surface area contributed by atoms with Gasteiger partial charge in [0.2, 0.25) is 0 Å². The molecule has 112 valence electrons. The Morgan fingerprint density at radius 3 is 2.25 bits per heavy atom. The van der Waals surface area contributed by atoms with Crippen LogP contribution in [0.5, 0.6) is 0 Å². The minimum Gasteiger partial charge on any atom is -0.305 e. The Morgan fingerprint density at radius 1 is 1.10 bits per heavy atom. The third-order valence-electron chi connectivity index (χ3n) is 4.97. The molecule has 1 saturated heterocycles. The van der Waals surface area contributed by atoms with Gasteiger partial charge >= 0.3 is 0 Å². The smallest absolute Gasteiger partial charge is 0.0535 e. The van der Waals surface area contributed by atoms with Crippen LogP contribution in [-0.2, 0) is 5.54 Å². The lowest BCUT2D eigenvalue weighted by atomic mass is 9.83. The van der Waals surface area contributed by atoms with Crippen LogP contribution in [0.2, 0.25) is 0 Å². The molecule has 2 rings (SSSR count). The van der Waals surface area contributed by atoms with Crippen LogP contribution < -0.4 is 5.32 Å². The topological polar surface area (TPSA) is 15.3 Å². The summed E-state index contributed by atoms with van der Waals surface area (Å²) in [5.74, 6) is 0. The summed E-state index contributed by atoms with van der Waals surface area (Å²) in [7, 11) is 0.